The molecule has 11 heavy (non-hydrogen) atoms. The molecule has 0 aromatic rings. The number of unbranched alkanes of at least 4 members (excludes halogenated alkanes) is 2. The van der Waals surface area contributed by atoms with Gasteiger partial charge in [-0.05, 0) is 25.8 Å². The minimum atomic E-state index is 0.857. The van der Waals surface area contributed by atoms with E-state index >= 15 is 0 Å². The molecule has 1 aliphatic rings. The van der Waals surface area contributed by atoms with E-state index in [0.717, 1.165) is 6.04 Å². The zero-order chi connectivity index (χ0) is 7.94. The van der Waals surface area contributed by atoms with Crippen molar-refractivity contribution in [2.24, 2.45) is 0 Å². The predicted octanol–water partition coefficient (Wildman–Crippen LogP) is 2.71. The lowest BCUT2D eigenvalue weighted by Gasteiger charge is -2.23. The van der Waals surface area contributed by atoms with E-state index in [4.69, 9.17) is 0 Å². The summed E-state index contributed by atoms with van der Waals surface area (Å²) in [4.78, 5) is 0. The minimum Gasteiger partial charge on any atom is -0.314 e. The Morgan fingerprint density at radius 2 is 2.18 bits per heavy atom. The van der Waals surface area contributed by atoms with Gasteiger partial charge >= 0.3 is 0 Å². The van der Waals surface area contributed by atoms with Gasteiger partial charge in [0.25, 0.3) is 0 Å². The van der Waals surface area contributed by atoms with Crippen molar-refractivity contribution in [3.63, 3.8) is 0 Å². The maximum absolute atomic E-state index is 3.58. The van der Waals surface area contributed by atoms with Crippen molar-refractivity contribution in [1.82, 2.24) is 5.32 Å². The van der Waals surface area contributed by atoms with Crippen molar-refractivity contribution in [2.75, 3.05) is 6.54 Å². The first-order valence-corrected chi connectivity index (χ1v) is 5.17. The summed E-state index contributed by atoms with van der Waals surface area (Å²) in [5, 5.41) is 3.58. The number of nitrogens with one attached hydrogen (secondary N) is 1. The first kappa shape index (κ1) is 9.05. The van der Waals surface area contributed by atoms with E-state index in [-0.39, 0.29) is 0 Å². The van der Waals surface area contributed by atoms with Crippen molar-refractivity contribution in [3.8, 4) is 0 Å². The molecule has 0 bridgehead atoms. The Bertz CT molecular complexity index is 84.9. The first-order valence-electron chi connectivity index (χ1n) is 5.17. The Hall–Kier alpha value is -0.0400. The molecule has 1 nitrogen and oxygen atoms in total. The smallest absolute Gasteiger partial charge is 0.00670 e. The van der Waals surface area contributed by atoms with Gasteiger partial charge in [0.15, 0.2) is 0 Å². The second kappa shape index (κ2) is 5.59. The van der Waals surface area contributed by atoms with Crippen molar-refractivity contribution in [1.29, 1.82) is 0 Å². The van der Waals surface area contributed by atoms with Crippen LogP contribution in [0.25, 0.3) is 0 Å². The lowest BCUT2D eigenvalue weighted by atomic mass is 9.99. The highest BCUT2D eigenvalue weighted by Gasteiger charge is 2.10. The second-order valence-corrected chi connectivity index (χ2v) is 3.64. The third kappa shape index (κ3) is 3.76. The maximum Gasteiger partial charge on any atom is 0.00670 e. The van der Waals surface area contributed by atoms with Crippen LogP contribution in [0.5, 0.6) is 0 Å². The van der Waals surface area contributed by atoms with Gasteiger partial charge in [0.05, 0.1) is 0 Å². The monoisotopic (exact) mass is 155 g/mol. The summed E-state index contributed by atoms with van der Waals surface area (Å²) in [6.07, 6.45) is 9.87. The summed E-state index contributed by atoms with van der Waals surface area (Å²) in [7, 11) is 0. The number of hydrogen-bond acceptors (Lipinski definition) is 1. The van der Waals surface area contributed by atoms with Crippen LogP contribution in [0, 0.1) is 0 Å². The summed E-state index contributed by atoms with van der Waals surface area (Å²) in [5.74, 6) is 0. The molecule has 0 radical (unpaired) electrons. The molecule has 0 amide bonds. The molecule has 0 aliphatic carbocycles. The van der Waals surface area contributed by atoms with Gasteiger partial charge in [0.2, 0.25) is 0 Å². The molecule has 1 atom stereocenters. The van der Waals surface area contributed by atoms with Crippen molar-refractivity contribution in [2.45, 2.75) is 57.9 Å². The van der Waals surface area contributed by atoms with Crippen LogP contribution in [-0.2, 0) is 0 Å². The fraction of sp³-hybridized carbons (Fsp3) is 1.00. The van der Waals surface area contributed by atoms with Crippen LogP contribution >= 0.6 is 0 Å². The summed E-state index contributed by atoms with van der Waals surface area (Å²) in [5.41, 5.74) is 0. The summed E-state index contributed by atoms with van der Waals surface area (Å²) in [6.45, 7) is 3.53. The van der Waals surface area contributed by atoms with Gasteiger partial charge in [-0.2, -0.15) is 0 Å². The van der Waals surface area contributed by atoms with Crippen LogP contribution < -0.4 is 5.32 Å². The van der Waals surface area contributed by atoms with Crippen LogP contribution in [0.1, 0.15) is 51.9 Å². The zero-order valence-electron chi connectivity index (χ0n) is 7.73. The van der Waals surface area contributed by atoms with Crippen LogP contribution in [0.2, 0.25) is 0 Å². The standard InChI is InChI=1S/C10H21N/c1-2-3-4-7-10-8-5-6-9-11-10/h10-11H,2-9H2,1H3/t10-/m0/s1. The number of rotatable bonds is 4. The van der Waals surface area contributed by atoms with Crippen molar-refractivity contribution in [3.05, 3.63) is 0 Å². The second-order valence-electron chi connectivity index (χ2n) is 3.64. The summed E-state index contributed by atoms with van der Waals surface area (Å²) < 4.78 is 0. The van der Waals surface area contributed by atoms with Gasteiger partial charge in [-0.25, -0.2) is 0 Å². The van der Waals surface area contributed by atoms with E-state index in [2.05, 4.69) is 12.2 Å². The predicted molar refractivity (Wildman–Crippen MR) is 49.8 cm³/mol. The average Bonchev–Trinajstić information content (AvgIpc) is 2.07. The molecule has 0 aromatic carbocycles. The van der Waals surface area contributed by atoms with E-state index in [1.807, 2.05) is 0 Å². The molecular formula is C10H21N. The van der Waals surface area contributed by atoms with Crippen LogP contribution in [-0.4, -0.2) is 12.6 Å². The fourth-order valence-corrected chi connectivity index (χ4v) is 1.81. The third-order valence-electron chi connectivity index (χ3n) is 2.57. The van der Waals surface area contributed by atoms with E-state index in [9.17, 15) is 0 Å². The highest BCUT2D eigenvalue weighted by atomic mass is 14.9. The highest BCUT2D eigenvalue weighted by molar-refractivity contribution is 4.71. The van der Waals surface area contributed by atoms with Crippen molar-refractivity contribution < 1.29 is 0 Å². The molecule has 0 spiro atoms. The van der Waals surface area contributed by atoms with E-state index in [0.29, 0.717) is 0 Å². The maximum atomic E-state index is 3.58. The Labute approximate surface area is 70.6 Å². The average molecular weight is 155 g/mol. The minimum absolute atomic E-state index is 0.857. The fourth-order valence-electron chi connectivity index (χ4n) is 1.81. The third-order valence-corrected chi connectivity index (χ3v) is 2.57. The zero-order valence-corrected chi connectivity index (χ0v) is 7.73. The van der Waals surface area contributed by atoms with Crippen LogP contribution in [0.3, 0.4) is 0 Å². The summed E-state index contributed by atoms with van der Waals surface area (Å²) in [6, 6.07) is 0.857. The molecule has 1 heterocycles. The number of hydrogen-bond donors (Lipinski definition) is 1. The largest absolute Gasteiger partial charge is 0.314 e. The van der Waals surface area contributed by atoms with Crippen LogP contribution in [0.15, 0.2) is 0 Å². The Kier molecular flexibility index (Phi) is 4.60. The number of piperidine rings is 1. The van der Waals surface area contributed by atoms with Crippen molar-refractivity contribution >= 4 is 0 Å². The topological polar surface area (TPSA) is 12.0 Å². The molecule has 1 fully saturated rings. The molecule has 1 saturated heterocycles. The lowest BCUT2D eigenvalue weighted by molar-refractivity contribution is 0.372. The molecule has 1 rings (SSSR count). The highest BCUT2D eigenvalue weighted by Crippen LogP contribution is 2.13. The van der Waals surface area contributed by atoms with Gasteiger partial charge in [0, 0.05) is 6.04 Å². The van der Waals surface area contributed by atoms with Gasteiger partial charge in [0.1, 0.15) is 0 Å². The SMILES string of the molecule is CCCCC[C@H]1CCCCN1. The van der Waals surface area contributed by atoms with E-state index < -0.39 is 0 Å². The first-order chi connectivity index (χ1) is 5.43. The molecule has 66 valence electrons. The molecule has 1 N–H and O–H groups in total. The Morgan fingerprint density at radius 3 is 2.82 bits per heavy atom. The van der Waals surface area contributed by atoms with Gasteiger partial charge in [-0.1, -0.05) is 32.6 Å². The Balaban J connectivity index is 1.96. The van der Waals surface area contributed by atoms with Crippen LogP contribution in [0.4, 0.5) is 0 Å². The Morgan fingerprint density at radius 1 is 1.27 bits per heavy atom. The molecule has 0 unspecified atom stereocenters. The quantitative estimate of drug-likeness (QED) is 0.615. The summed E-state index contributed by atoms with van der Waals surface area (Å²) >= 11 is 0. The molecule has 0 saturated carbocycles. The molecule has 1 heteroatoms. The lowest BCUT2D eigenvalue weighted by Crippen LogP contribution is -2.33. The van der Waals surface area contributed by atoms with Gasteiger partial charge in [-0.15, -0.1) is 0 Å². The molecule has 1 aliphatic heterocycles. The van der Waals surface area contributed by atoms with E-state index in [1.165, 1.54) is 51.5 Å². The molecule has 0 aromatic heterocycles. The molecular weight excluding hydrogens is 134 g/mol. The van der Waals surface area contributed by atoms with E-state index in [1.54, 1.807) is 0 Å². The normalized spacial score (nSPS) is 25.4. The van der Waals surface area contributed by atoms with Gasteiger partial charge < -0.3 is 5.32 Å². The van der Waals surface area contributed by atoms with Gasteiger partial charge in [-0.3, -0.25) is 0 Å².